The van der Waals surface area contributed by atoms with E-state index in [1.54, 1.807) is 18.3 Å². The molecule has 0 saturated heterocycles. The average molecular weight is 330 g/mol. The van der Waals surface area contributed by atoms with Crippen LogP contribution in [0.5, 0.6) is 0 Å². The van der Waals surface area contributed by atoms with Crippen molar-refractivity contribution in [3.8, 4) is 0 Å². The van der Waals surface area contributed by atoms with Crippen molar-refractivity contribution in [2.75, 3.05) is 6.54 Å². The lowest BCUT2D eigenvalue weighted by molar-refractivity contribution is 0.0917. The molecule has 2 rings (SSSR count). The largest absolute Gasteiger partial charge is 0.393 e. The van der Waals surface area contributed by atoms with E-state index >= 15 is 0 Å². The SMILES string of the molecule is CC(C)C(O)CCNC(=O)c1cccnc1Sc1ccccc1. The van der Waals surface area contributed by atoms with Crippen LogP contribution >= 0.6 is 11.8 Å². The van der Waals surface area contributed by atoms with Crippen LogP contribution in [-0.2, 0) is 0 Å². The summed E-state index contributed by atoms with van der Waals surface area (Å²) in [5.41, 5.74) is 0.556. The maximum atomic E-state index is 12.4. The Morgan fingerprint density at radius 3 is 2.65 bits per heavy atom. The maximum Gasteiger partial charge on any atom is 0.254 e. The molecule has 4 nitrogen and oxygen atoms in total. The van der Waals surface area contributed by atoms with Gasteiger partial charge in [0.2, 0.25) is 0 Å². The number of nitrogens with zero attached hydrogens (tertiary/aromatic N) is 1. The fourth-order valence-electron chi connectivity index (χ4n) is 2.01. The molecule has 2 N–H and O–H groups in total. The van der Waals surface area contributed by atoms with Gasteiger partial charge in [-0.15, -0.1) is 0 Å². The first-order valence-corrected chi connectivity index (χ1v) is 8.53. The average Bonchev–Trinajstić information content (AvgIpc) is 2.56. The van der Waals surface area contributed by atoms with Crippen LogP contribution in [-0.4, -0.2) is 28.6 Å². The molecule has 1 amide bonds. The van der Waals surface area contributed by atoms with Crippen molar-refractivity contribution in [2.45, 2.75) is 36.3 Å². The van der Waals surface area contributed by atoms with Gasteiger partial charge < -0.3 is 10.4 Å². The van der Waals surface area contributed by atoms with Gasteiger partial charge >= 0.3 is 0 Å². The molecule has 122 valence electrons. The molecule has 0 aliphatic heterocycles. The molecule has 1 unspecified atom stereocenters. The van der Waals surface area contributed by atoms with Crippen LogP contribution in [0.4, 0.5) is 0 Å². The first kappa shape index (κ1) is 17.5. The summed E-state index contributed by atoms with van der Waals surface area (Å²) >= 11 is 1.47. The molecule has 0 radical (unpaired) electrons. The van der Waals surface area contributed by atoms with Gasteiger partial charge in [-0.3, -0.25) is 4.79 Å². The topological polar surface area (TPSA) is 62.2 Å². The van der Waals surface area contributed by atoms with Crippen molar-refractivity contribution in [3.63, 3.8) is 0 Å². The highest BCUT2D eigenvalue weighted by atomic mass is 32.2. The zero-order valence-electron chi connectivity index (χ0n) is 13.4. The molecule has 1 atom stereocenters. The number of amides is 1. The number of nitrogens with one attached hydrogen (secondary N) is 1. The molecule has 1 aromatic heterocycles. The fraction of sp³-hybridized carbons (Fsp3) is 0.333. The van der Waals surface area contributed by atoms with E-state index in [2.05, 4.69) is 10.3 Å². The minimum atomic E-state index is -0.401. The second-order valence-corrected chi connectivity index (χ2v) is 6.69. The number of aliphatic hydroxyl groups excluding tert-OH is 1. The summed E-state index contributed by atoms with van der Waals surface area (Å²) in [6, 6.07) is 13.4. The summed E-state index contributed by atoms with van der Waals surface area (Å²) in [6.07, 6.45) is 1.83. The molecule has 0 spiro atoms. The second kappa shape index (κ2) is 8.70. The number of aliphatic hydroxyl groups is 1. The van der Waals surface area contributed by atoms with Gasteiger partial charge in [0, 0.05) is 17.6 Å². The van der Waals surface area contributed by atoms with E-state index in [0.29, 0.717) is 23.6 Å². The molecule has 2 aromatic rings. The normalized spacial score (nSPS) is 12.2. The number of hydrogen-bond donors (Lipinski definition) is 2. The van der Waals surface area contributed by atoms with Gasteiger partial charge in [0.15, 0.2) is 0 Å². The van der Waals surface area contributed by atoms with Crippen molar-refractivity contribution in [3.05, 3.63) is 54.2 Å². The number of benzene rings is 1. The number of carbonyl (C=O) groups excluding carboxylic acids is 1. The van der Waals surface area contributed by atoms with Crippen LogP contribution in [0.1, 0.15) is 30.6 Å². The molecule has 0 aliphatic carbocycles. The number of aromatic nitrogens is 1. The Kier molecular flexibility index (Phi) is 6.62. The van der Waals surface area contributed by atoms with E-state index in [1.807, 2.05) is 44.2 Å². The lowest BCUT2D eigenvalue weighted by Gasteiger charge is -2.15. The lowest BCUT2D eigenvalue weighted by atomic mass is 10.0. The van der Waals surface area contributed by atoms with Gasteiger partial charge in [-0.05, 0) is 36.6 Å². The van der Waals surface area contributed by atoms with Crippen LogP contribution in [0.3, 0.4) is 0 Å². The predicted octanol–water partition coefficient (Wildman–Crippen LogP) is 3.37. The molecule has 0 fully saturated rings. The van der Waals surface area contributed by atoms with Crippen LogP contribution in [0.25, 0.3) is 0 Å². The van der Waals surface area contributed by atoms with E-state index in [4.69, 9.17) is 0 Å². The van der Waals surface area contributed by atoms with Crippen molar-refractivity contribution in [1.29, 1.82) is 0 Å². The van der Waals surface area contributed by atoms with Crippen LogP contribution in [0.2, 0.25) is 0 Å². The Morgan fingerprint density at radius 1 is 1.22 bits per heavy atom. The quantitative estimate of drug-likeness (QED) is 0.817. The third kappa shape index (κ3) is 5.37. The lowest BCUT2D eigenvalue weighted by Crippen LogP contribution is -2.29. The third-order valence-corrected chi connectivity index (χ3v) is 4.50. The third-order valence-electron chi connectivity index (χ3n) is 3.47. The molecule has 23 heavy (non-hydrogen) atoms. The highest BCUT2D eigenvalue weighted by Crippen LogP contribution is 2.28. The second-order valence-electron chi connectivity index (χ2n) is 5.63. The van der Waals surface area contributed by atoms with E-state index in [1.165, 1.54) is 11.8 Å². The van der Waals surface area contributed by atoms with Crippen LogP contribution in [0, 0.1) is 5.92 Å². The molecule has 1 aromatic carbocycles. The van der Waals surface area contributed by atoms with Crippen molar-refractivity contribution in [2.24, 2.45) is 5.92 Å². The minimum Gasteiger partial charge on any atom is -0.393 e. The van der Waals surface area contributed by atoms with Crippen LogP contribution < -0.4 is 5.32 Å². The standard InChI is InChI=1S/C18H22N2O2S/c1-13(2)16(21)10-12-19-17(22)15-9-6-11-20-18(15)23-14-7-4-3-5-8-14/h3-9,11,13,16,21H,10,12H2,1-2H3,(H,19,22). The molecule has 1 heterocycles. The summed E-state index contributed by atoms with van der Waals surface area (Å²) in [6.45, 7) is 4.37. The first-order valence-electron chi connectivity index (χ1n) is 7.72. The smallest absolute Gasteiger partial charge is 0.254 e. The van der Waals surface area contributed by atoms with Gasteiger partial charge in [-0.25, -0.2) is 4.98 Å². The molecule has 0 saturated carbocycles. The predicted molar refractivity (Wildman–Crippen MR) is 92.6 cm³/mol. The summed E-state index contributed by atoms with van der Waals surface area (Å²) in [5.74, 6) is 0.0296. The van der Waals surface area contributed by atoms with Crippen molar-refractivity contribution in [1.82, 2.24) is 10.3 Å². The summed E-state index contributed by atoms with van der Waals surface area (Å²) < 4.78 is 0. The molecule has 0 bridgehead atoms. The molecular weight excluding hydrogens is 308 g/mol. The first-order chi connectivity index (χ1) is 11.1. The van der Waals surface area contributed by atoms with Gasteiger partial charge in [0.05, 0.1) is 11.7 Å². The number of pyridine rings is 1. The molecule has 5 heteroatoms. The number of carbonyl (C=O) groups is 1. The van der Waals surface area contributed by atoms with E-state index in [9.17, 15) is 9.90 Å². The zero-order valence-corrected chi connectivity index (χ0v) is 14.2. The van der Waals surface area contributed by atoms with Gasteiger partial charge in [0.1, 0.15) is 5.03 Å². The Bertz CT molecular complexity index is 632. The van der Waals surface area contributed by atoms with E-state index in [-0.39, 0.29) is 11.8 Å². The Labute approximate surface area is 141 Å². The summed E-state index contributed by atoms with van der Waals surface area (Å²) in [4.78, 5) is 17.7. The maximum absolute atomic E-state index is 12.4. The highest BCUT2D eigenvalue weighted by Gasteiger charge is 2.14. The van der Waals surface area contributed by atoms with Crippen molar-refractivity contribution >= 4 is 17.7 Å². The Morgan fingerprint density at radius 2 is 1.96 bits per heavy atom. The highest BCUT2D eigenvalue weighted by molar-refractivity contribution is 7.99. The summed E-state index contributed by atoms with van der Waals surface area (Å²) in [7, 11) is 0. The summed E-state index contributed by atoms with van der Waals surface area (Å²) in [5, 5.41) is 13.3. The minimum absolute atomic E-state index is 0.160. The number of rotatable bonds is 7. The van der Waals surface area contributed by atoms with E-state index < -0.39 is 6.10 Å². The molecular formula is C18H22N2O2S. The van der Waals surface area contributed by atoms with Gasteiger partial charge in [0.25, 0.3) is 5.91 Å². The number of hydrogen-bond acceptors (Lipinski definition) is 4. The Hall–Kier alpha value is -1.85. The van der Waals surface area contributed by atoms with Gasteiger partial charge in [-0.1, -0.05) is 43.8 Å². The van der Waals surface area contributed by atoms with Crippen molar-refractivity contribution < 1.29 is 9.90 Å². The van der Waals surface area contributed by atoms with Crippen LogP contribution in [0.15, 0.2) is 58.6 Å². The van der Waals surface area contributed by atoms with E-state index in [0.717, 1.165) is 4.90 Å². The monoisotopic (exact) mass is 330 g/mol. The zero-order chi connectivity index (χ0) is 16.7. The van der Waals surface area contributed by atoms with Gasteiger partial charge in [-0.2, -0.15) is 0 Å². The fourth-order valence-corrected chi connectivity index (χ4v) is 2.91. The Balaban J connectivity index is 2.00. The molecule has 0 aliphatic rings.